The van der Waals surface area contributed by atoms with Gasteiger partial charge in [0.05, 0.1) is 12.0 Å². The van der Waals surface area contributed by atoms with E-state index in [-0.39, 0.29) is 30.2 Å². The van der Waals surface area contributed by atoms with E-state index in [1.807, 2.05) is 6.26 Å². The number of thioether (sulfide) groups is 1. The maximum atomic E-state index is 12.3. The van der Waals surface area contributed by atoms with Crippen LogP contribution in [-0.2, 0) is 19.2 Å². The molecule has 0 saturated heterocycles. The first-order valence-corrected chi connectivity index (χ1v) is 10.9. The number of hydrogen-bond acceptors (Lipinski definition) is 7. The maximum absolute atomic E-state index is 12.3. The van der Waals surface area contributed by atoms with Gasteiger partial charge < -0.3 is 36.2 Å². The summed E-state index contributed by atoms with van der Waals surface area (Å²) >= 11 is 1.68. The van der Waals surface area contributed by atoms with Crippen molar-refractivity contribution in [3.8, 4) is 0 Å². The number of aliphatic carboxylic acids is 2. The lowest BCUT2D eigenvalue weighted by Gasteiger charge is -2.29. The normalized spacial score (nSPS) is 21.4. The Bertz CT molecular complexity index is 551. The Kier molecular flexibility index (Phi) is 10.9. The van der Waals surface area contributed by atoms with Crippen LogP contribution >= 0.6 is 11.8 Å². The average Bonchev–Trinajstić information content (AvgIpc) is 2.67. The number of hydrogen-bond donors (Lipinski definition) is 3. The van der Waals surface area contributed by atoms with Crippen LogP contribution < -0.4 is 26.6 Å². The second-order valence-electron chi connectivity index (χ2n) is 7.23. The van der Waals surface area contributed by atoms with Gasteiger partial charge in [0.15, 0.2) is 6.04 Å². The summed E-state index contributed by atoms with van der Waals surface area (Å²) < 4.78 is 0. The third-order valence-electron chi connectivity index (χ3n) is 5.06. The SMILES string of the molecule is CSCC[C@H]([NH3+])C(=O)NCC1CCC(C(=O)N[C@@H](CCC(=O)[O-])C(=O)[O-])CC1. The maximum Gasteiger partial charge on any atom is 0.278 e. The monoisotopic (exact) mass is 416 g/mol. The van der Waals surface area contributed by atoms with Crippen molar-refractivity contribution in [3.63, 3.8) is 0 Å². The van der Waals surface area contributed by atoms with Gasteiger partial charge in [-0.1, -0.05) is 0 Å². The van der Waals surface area contributed by atoms with Crippen LogP contribution in [0.15, 0.2) is 0 Å². The molecule has 0 unspecified atom stereocenters. The molecule has 2 atom stereocenters. The lowest BCUT2D eigenvalue weighted by molar-refractivity contribution is -0.403. The molecule has 1 saturated carbocycles. The van der Waals surface area contributed by atoms with Gasteiger partial charge in [0.1, 0.15) is 0 Å². The van der Waals surface area contributed by atoms with Gasteiger partial charge in [0.2, 0.25) is 5.91 Å². The number of carboxylic acids is 2. The van der Waals surface area contributed by atoms with Crippen molar-refractivity contribution in [1.82, 2.24) is 10.6 Å². The number of amides is 2. The Hall–Kier alpha value is -1.81. The highest BCUT2D eigenvalue weighted by Gasteiger charge is 2.28. The zero-order valence-electron chi connectivity index (χ0n) is 16.2. The molecule has 2 amide bonds. The molecule has 0 aliphatic heterocycles. The molecule has 0 heterocycles. The Balaban J connectivity index is 2.36. The molecule has 1 aliphatic rings. The van der Waals surface area contributed by atoms with Crippen LogP contribution in [0.1, 0.15) is 44.9 Å². The molecule has 10 heteroatoms. The van der Waals surface area contributed by atoms with Gasteiger partial charge >= 0.3 is 0 Å². The molecule has 0 bridgehead atoms. The smallest absolute Gasteiger partial charge is 0.278 e. The van der Waals surface area contributed by atoms with Crippen LogP contribution in [0, 0.1) is 11.8 Å². The largest absolute Gasteiger partial charge is 0.550 e. The molecule has 0 radical (unpaired) electrons. The van der Waals surface area contributed by atoms with E-state index >= 15 is 0 Å². The van der Waals surface area contributed by atoms with Gasteiger partial charge in [0.25, 0.3) is 5.91 Å². The number of carbonyl (C=O) groups is 4. The molecule has 1 fully saturated rings. The first-order chi connectivity index (χ1) is 13.2. The predicted octanol–water partition coefficient (Wildman–Crippen LogP) is -2.96. The number of quaternary nitrogens is 1. The third kappa shape index (κ3) is 8.92. The third-order valence-corrected chi connectivity index (χ3v) is 5.71. The van der Waals surface area contributed by atoms with Crippen LogP contribution in [0.2, 0.25) is 0 Å². The van der Waals surface area contributed by atoms with E-state index in [1.54, 1.807) is 11.8 Å². The molecule has 160 valence electrons. The van der Waals surface area contributed by atoms with Crippen LogP contribution in [0.5, 0.6) is 0 Å². The quantitative estimate of drug-likeness (QED) is 0.305. The lowest BCUT2D eigenvalue weighted by Crippen LogP contribution is -2.67. The molecular formula is C18H30N3O6S-. The Labute approximate surface area is 169 Å². The molecule has 28 heavy (non-hydrogen) atoms. The second kappa shape index (κ2) is 12.6. The zero-order chi connectivity index (χ0) is 21.1. The Morgan fingerprint density at radius 3 is 2.29 bits per heavy atom. The van der Waals surface area contributed by atoms with Gasteiger partial charge in [0, 0.05) is 24.9 Å². The molecular weight excluding hydrogens is 386 g/mol. The van der Waals surface area contributed by atoms with Crippen molar-refractivity contribution in [3.05, 3.63) is 0 Å². The number of carbonyl (C=O) groups excluding carboxylic acids is 4. The number of carboxylic acid groups (broad SMARTS) is 2. The van der Waals surface area contributed by atoms with E-state index in [9.17, 15) is 29.4 Å². The van der Waals surface area contributed by atoms with Crippen LogP contribution in [0.3, 0.4) is 0 Å². The van der Waals surface area contributed by atoms with E-state index in [2.05, 4.69) is 16.4 Å². The van der Waals surface area contributed by atoms with Crippen molar-refractivity contribution >= 4 is 35.5 Å². The summed E-state index contributed by atoms with van der Waals surface area (Å²) in [6, 6.07) is -1.60. The van der Waals surface area contributed by atoms with E-state index < -0.39 is 30.3 Å². The summed E-state index contributed by atoms with van der Waals surface area (Å²) in [5.74, 6) is -2.49. The fourth-order valence-electron chi connectivity index (χ4n) is 3.21. The zero-order valence-corrected chi connectivity index (χ0v) is 17.1. The number of rotatable bonds is 12. The van der Waals surface area contributed by atoms with E-state index in [4.69, 9.17) is 0 Å². The van der Waals surface area contributed by atoms with Gasteiger partial charge in [-0.15, -0.1) is 0 Å². The fraction of sp³-hybridized carbons (Fsp3) is 0.778. The second-order valence-corrected chi connectivity index (χ2v) is 8.22. The summed E-state index contributed by atoms with van der Waals surface area (Å²) in [4.78, 5) is 45.8. The molecule has 0 spiro atoms. The molecule has 1 aliphatic carbocycles. The van der Waals surface area contributed by atoms with Crippen molar-refractivity contribution in [2.75, 3.05) is 18.6 Å². The highest BCUT2D eigenvalue weighted by molar-refractivity contribution is 7.98. The van der Waals surface area contributed by atoms with Crippen molar-refractivity contribution < 1.29 is 35.1 Å². The first kappa shape index (κ1) is 24.2. The van der Waals surface area contributed by atoms with Crippen molar-refractivity contribution in [2.45, 2.75) is 57.0 Å². The summed E-state index contributed by atoms with van der Waals surface area (Å²) in [6.07, 6.45) is 4.67. The van der Waals surface area contributed by atoms with Crippen LogP contribution in [-0.4, -0.2) is 54.4 Å². The summed E-state index contributed by atoms with van der Waals surface area (Å²) in [7, 11) is 0. The molecule has 9 nitrogen and oxygen atoms in total. The van der Waals surface area contributed by atoms with Gasteiger partial charge in [-0.05, 0) is 56.5 Å². The highest BCUT2D eigenvalue weighted by Crippen LogP contribution is 2.28. The van der Waals surface area contributed by atoms with Crippen LogP contribution in [0.25, 0.3) is 0 Å². The molecule has 0 aromatic rings. The van der Waals surface area contributed by atoms with E-state index in [1.165, 1.54) is 0 Å². The van der Waals surface area contributed by atoms with E-state index in [0.717, 1.165) is 25.0 Å². The van der Waals surface area contributed by atoms with Gasteiger partial charge in [-0.2, -0.15) is 11.8 Å². The van der Waals surface area contributed by atoms with Gasteiger partial charge in [-0.25, -0.2) is 0 Å². The standard InChI is InChI=1S/C18H31N3O6S/c1-28-9-8-13(19)17(25)20-10-11-2-4-12(5-3-11)16(24)21-14(18(26)27)6-7-15(22)23/h11-14H,2-10,19H2,1H3,(H,20,25)(H,21,24)(H,22,23)(H,26,27)/p-1/t11?,12?,13-,14-/m0/s1. The van der Waals surface area contributed by atoms with Crippen molar-refractivity contribution in [2.24, 2.45) is 11.8 Å². The molecule has 5 N–H and O–H groups in total. The minimum Gasteiger partial charge on any atom is -0.550 e. The lowest BCUT2D eigenvalue weighted by atomic mass is 9.81. The molecule has 0 aromatic heterocycles. The molecule has 0 aromatic carbocycles. The van der Waals surface area contributed by atoms with E-state index in [0.29, 0.717) is 19.4 Å². The Morgan fingerprint density at radius 1 is 1.11 bits per heavy atom. The highest BCUT2D eigenvalue weighted by atomic mass is 32.2. The Morgan fingerprint density at radius 2 is 1.75 bits per heavy atom. The topological polar surface area (TPSA) is 166 Å². The minimum absolute atomic E-state index is 0.0568. The molecule has 1 rings (SSSR count). The summed E-state index contributed by atoms with van der Waals surface area (Å²) in [5.41, 5.74) is 3.87. The van der Waals surface area contributed by atoms with Gasteiger partial charge in [-0.3, -0.25) is 9.59 Å². The predicted molar refractivity (Wildman–Crippen MR) is 99.3 cm³/mol. The van der Waals surface area contributed by atoms with Crippen LogP contribution in [0.4, 0.5) is 0 Å². The summed E-state index contributed by atoms with van der Waals surface area (Å²) in [6.45, 7) is 0.547. The summed E-state index contributed by atoms with van der Waals surface area (Å²) in [5, 5.41) is 26.8. The minimum atomic E-state index is -1.50. The average molecular weight is 417 g/mol. The fourth-order valence-corrected chi connectivity index (χ4v) is 3.73. The number of nitrogens with one attached hydrogen (secondary N) is 2. The first-order valence-electron chi connectivity index (χ1n) is 9.55. The van der Waals surface area contributed by atoms with Crippen molar-refractivity contribution in [1.29, 1.82) is 0 Å².